The molecule has 1 aliphatic heterocycles. The van der Waals surface area contributed by atoms with E-state index in [0.717, 1.165) is 25.8 Å². The summed E-state index contributed by atoms with van der Waals surface area (Å²) in [5, 5.41) is 12.0. The minimum Gasteiger partial charge on any atom is -0.314 e. The monoisotopic (exact) mass is 295 g/mol. The Balaban J connectivity index is 1.81. The molecule has 0 saturated carbocycles. The van der Waals surface area contributed by atoms with Crippen LogP contribution in [0.1, 0.15) is 49.1 Å². The highest BCUT2D eigenvalue weighted by molar-refractivity contribution is 5.24. The zero-order valence-corrected chi connectivity index (χ0v) is 13.2. The Morgan fingerprint density at radius 1 is 1.05 bits per heavy atom. The molecule has 3 atom stereocenters. The lowest BCUT2D eigenvalue weighted by Gasteiger charge is -2.40. The number of benzene rings is 2. The van der Waals surface area contributed by atoms with Gasteiger partial charge in [-0.2, -0.15) is 5.06 Å². The van der Waals surface area contributed by atoms with E-state index >= 15 is 0 Å². The molecular weight excluding hydrogens is 270 g/mol. The molecule has 0 radical (unpaired) electrons. The van der Waals surface area contributed by atoms with Gasteiger partial charge in [0.2, 0.25) is 0 Å². The van der Waals surface area contributed by atoms with Gasteiger partial charge in [0.15, 0.2) is 0 Å². The standard InChI is InChI=1S/C20H25NO/c1-2-19(17-11-7-4-8-12-17)20-15-18(13-14-21(20)22)16-9-5-3-6-10-16/h3-12,18-20,22H,2,13-15H2,1H3. The number of piperidine rings is 1. The van der Waals surface area contributed by atoms with Gasteiger partial charge in [-0.25, -0.2) is 0 Å². The van der Waals surface area contributed by atoms with Crippen LogP contribution in [-0.2, 0) is 0 Å². The van der Waals surface area contributed by atoms with Crippen LogP contribution in [0.15, 0.2) is 60.7 Å². The van der Waals surface area contributed by atoms with Crippen molar-refractivity contribution in [1.82, 2.24) is 5.06 Å². The largest absolute Gasteiger partial charge is 0.314 e. The molecule has 3 rings (SSSR count). The average Bonchev–Trinajstić information content (AvgIpc) is 2.59. The van der Waals surface area contributed by atoms with Gasteiger partial charge in [0.25, 0.3) is 0 Å². The molecule has 1 N–H and O–H groups in total. The van der Waals surface area contributed by atoms with Crippen molar-refractivity contribution in [2.75, 3.05) is 6.54 Å². The fourth-order valence-corrected chi connectivity index (χ4v) is 3.82. The summed E-state index contributed by atoms with van der Waals surface area (Å²) in [6, 6.07) is 21.6. The van der Waals surface area contributed by atoms with Crippen molar-refractivity contribution in [2.45, 2.75) is 44.1 Å². The molecule has 1 heterocycles. The first-order chi connectivity index (χ1) is 10.8. The highest BCUT2D eigenvalue weighted by atomic mass is 16.5. The zero-order chi connectivity index (χ0) is 15.4. The lowest BCUT2D eigenvalue weighted by molar-refractivity contribution is -0.152. The first kappa shape index (κ1) is 15.3. The second-order valence-corrected chi connectivity index (χ2v) is 6.29. The lowest BCUT2D eigenvalue weighted by atomic mass is 9.78. The minimum absolute atomic E-state index is 0.200. The van der Waals surface area contributed by atoms with Gasteiger partial charge in [0, 0.05) is 18.5 Å². The van der Waals surface area contributed by atoms with E-state index in [9.17, 15) is 5.21 Å². The van der Waals surface area contributed by atoms with Crippen LogP contribution in [-0.4, -0.2) is 22.9 Å². The molecule has 2 heteroatoms. The second-order valence-electron chi connectivity index (χ2n) is 6.29. The van der Waals surface area contributed by atoms with E-state index in [-0.39, 0.29) is 6.04 Å². The summed E-state index contributed by atoms with van der Waals surface area (Å²) in [6.45, 7) is 2.98. The summed E-state index contributed by atoms with van der Waals surface area (Å²) in [5.74, 6) is 0.935. The fraction of sp³-hybridized carbons (Fsp3) is 0.400. The molecule has 2 aromatic rings. The molecule has 0 aliphatic carbocycles. The van der Waals surface area contributed by atoms with Crippen molar-refractivity contribution in [2.24, 2.45) is 0 Å². The normalized spacial score (nSPS) is 24.1. The molecule has 0 aromatic heterocycles. The van der Waals surface area contributed by atoms with Gasteiger partial charge in [0.05, 0.1) is 0 Å². The summed E-state index contributed by atoms with van der Waals surface area (Å²) in [7, 11) is 0. The van der Waals surface area contributed by atoms with Crippen molar-refractivity contribution in [1.29, 1.82) is 0 Å². The molecule has 0 amide bonds. The van der Waals surface area contributed by atoms with Gasteiger partial charge in [-0.1, -0.05) is 67.6 Å². The SMILES string of the molecule is CCC(c1ccccc1)C1CC(c2ccccc2)CCN1O. The summed E-state index contributed by atoms with van der Waals surface area (Å²) < 4.78 is 0. The summed E-state index contributed by atoms with van der Waals surface area (Å²) >= 11 is 0. The molecule has 0 bridgehead atoms. The number of rotatable bonds is 4. The number of hydrogen-bond acceptors (Lipinski definition) is 2. The Morgan fingerprint density at radius 3 is 2.32 bits per heavy atom. The van der Waals surface area contributed by atoms with Crippen LogP contribution in [0.25, 0.3) is 0 Å². The van der Waals surface area contributed by atoms with Crippen molar-refractivity contribution in [3.63, 3.8) is 0 Å². The Hall–Kier alpha value is -1.64. The number of hydrogen-bond donors (Lipinski definition) is 1. The molecule has 0 spiro atoms. The van der Waals surface area contributed by atoms with Crippen molar-refractivity contribution in [3.8, 4) is 0 Å². The molecule has 2 aromatic carbocycles. The Morgan fingerprint density at radius 2 is 1.68 bits per heavy atom. The van der Waals surface area contributed by atoms with E-state index in [4.69, 9.17) is 0 Å². The van der Waals surface area contributed by atoms with Crippen LogP contribution in [0, 0.1) is 0 Å². The molecule has 116 valence electrons. The highest BCUT2D eigenvalue weighted by Gasteiger charge is 2.33. The van der Waals surface area contributed by atoms with Crippen LogP contribution in [0.3, 0.4) is 0 Å². The third-order valence-electron chi connectivity index (χ3n) is 5.02. The first-order valence-electron chi connectivity index (χ1n) is 8.35. The second kappa shape index (κ2) is 7.08. The van der Waals surface area contributed by atoms with Crippen molar-refractivity contribution < 1.29 is 5.21 Å². The van der Waals surface area contributed by atoms with Crippen LogP contribution >= 0.6 is 0 Å². The fourth-order valence-electron chi connectivity index (χ4n) is 3.82. The van der Waals surface area contributed by atoms with E-state index in [1.54, 1.807) is 5.06 Å². The van der Waals surface area contributed by atoms with Gasteiger partial charge in [-0.3, -0.25) is 0 Å². The lowest BCUT2D eigenvalue weighted by Crippen LogP contribution is -2.43. The molecular formula is C20H25NO. The third kappa shape index (κ3) is 3.23. The van der Waals surface area contributed by atoms with E-state index in [1.807, 2.05) is 0 Å². The maximum absolute atomic E-state index is 10.4. The number of nitrogens with zero attached hydrogens (tertiary/aromatic N) is 1. The van der Waals surface area contributed by atoms with Gasteiger partial charge in [0.1, 0.15) is 0 Å². The molecule has 22 heavy (non-hydrogen) atoms. The van der Waals surface area contributed by atoms with Gasteiger partial charge < -0.3 is 5.21 Å². The van der Waals surface area contributed by atoms with Crippen LogP contribution < -0.4 is 0 Å². The van der Waals surface area contributed by atoms with E-state index in [0.29, 0.717) is 11.8 Å². The third-order valence-corrected chi connectivity index (χ3v) is 5.02. The minimum atomic E-state index is 0.200. The summed E-state index contributed by atoms with van der Waals surface area (Å²) in [5.41, 5.74) is 2.74. The Bertz CT molecular complexity index is 569. The smallest absolute Gasteiger partial charge is 0.0424 e. The molecule has 2 nitrogen and oxygen atoms in total. The van der Waals surface area contributed by atoms with Gasteiger partial charge >= 0.3 is 0 Å². The summed E-state index contributed by atoms with van der Waals surface area (Å²) in [4.78, 5) is 0. The first-order valence-corrected chi connectivity index (χ1v) is 8.35. The van der Waals surface area contributed by atoms with Crippen LogP contribution in [0.4, 0.5) is 0 Å². The van der Waals surface area contributed by atoms with E-state index < -0.39 is 0 Å². The number of hydroxylamine groups is 2. The quantitative estimate of drug-likeness (QED) is 0.874. The molecule has 1 aliphatic rings. The topological polar surface area (TPSA) is 23.5 Å². The van der Waals surface area contributed by atoms with Crippen LogP contribution in [0.2, 0.25) is 0 Å². The average molecular weight is 295 g/mol. The van der Waals surface area contributed by atoms with Gasteiger partial charge in [-0.05, 0) is 36.3 Å². The van der Waals surface area contributed by atoms with Crippen LogP contribution in [0.5, 0.6) is 0 Å². The maximum atomic E-state index is 10.4. The zero-order valence-electron chi connectivity index (χ0n) is 13.2. The Labute approximate surface area is 133 Å². The van der Waals surface area contributed by atoms with Gasteiger partial charge in [-0.15, -0.1) is 0 Å². The highest BCUT2D eigenvalue weighted by Crippen LogP contribution is 2.38. The van der Waals surface area contributed by atoms with Crippen molar-refractivity contribution >= 4 is 0 Å². The predicted molar refractivity (Wildman–Crippen MR) is 90.2 cm³/mol. The van der Waals surface area contributed by atoms with Crippen molar-refractivity contribution in [3.05, 3.63) is 71.8 Å². The molecule has 3 unspecified atom stereocenters. The Kier molecular flexibility index (Phi) is 4.91. The van der Waals surface area contributed by atoms with E-state index in [2.05, 4.69) is 67.6 Å². The van der Waals surface area contributed by atoms with E-state index in [1.165, 1.54) is 11.1 Å². The molecule has 1 fully saturated rings. The summed E-state index contributed by atoms with van der Waals surface area (Å²) in [6.07, 6.45) is 3.10. The maximum Gasteiger partial charge on any atom is 0.0424 e. The predicted octanol–water partition coefficient (Wildman–Crippen LogP) is 4.82. The molecule has 1 saturated heterocycles.